The molecule has 0 aliphatic carbocycles. The Morgan fingerprint density at radius 1 is 1.17 bits per heavy atom. The van der Waals surface area contributed by atoms with Gasteiger partial charge in [-0.2, -0.15) is 4.31 Å². The van der Waals surface area contributed by atoms with Gasteiger partial charge in [0.2, 0.25) is 10.0 Å². The van der Waals surface area contributed by atoms with Crippen molar-refractivity contribution in [2.75, 3.05) is 19.7 Å². The zero-order valence-electron chi connectivity index (χ0n) is 16.5. The lowest BCUT2D eigenvalue weighted by molar-refractivity contribution is -0.153. The monoisotopic (exact) mass is 479 g/mol. The highest BCUT2D eigenvalue weighted by atomic mass is 35.5. The molecule has 0 atom stereocenters. The van der Waals surface area contributed by atoms with Gasteiger partial charge in [-0.15, -0.1) is 0 Å². The van der Waals surface area contributed by atoms with Gasteiger partial charge in [-0.05, 0) is 38.8 Å². The van der Waals surface area contributed by atoms with Crippen molar-refractivity contribution in [1.29, 1.82) is 0 Å². The van der Waals surface area contributed by atoms with Crippen LogP contribution in [0.2, 0.25) is 10.0 Å². The van der Waals surface area contributed by atoms with E-state index in [2.05, 4.69) is 5.32 Å². The van der Waals surface area contributed by atoms with E-state index in [0.717, 1.165) is 0 Å². The molecule has 12 heteroatoms. The molecular weight excluding hydrogens is 457 g/mol. The van der Waals surface area contributed by atoms with E-state index in [9.17, 15) is 22.8 Å². The molecular formula is C18H23Cl2N3O6S. The number of imide groups is 1. The minimum Gasteiger partial charge on any atom is -0.455 e. The standard InChI is InChI=1S/C18H23Cl2N3O6S/c1-11(2)21-18(26)22-15(24)10-29-17(25)12-6-8-23(9-7-12)30(27,28)16-13(19)4-3-5-14(16)20/h3-5,11-12H,6-10H2,1-2H3,(H2,21,22,24,26). The molecule has 9 nitrogen and oxygen atoms in total. The highest BCUT2D eigenvalue weighted by Crippen LogP contribution is 2.33. The van der Waals surface area contributed by atoms with Crippen LogP contribution in [0, 0.1) is 5.92 Å². The fourth-order valence-electron chi connectivity index (χ4n) is 2.91. The number of hydrogen-bond acceptors (Lipinski definition) is 6. The lowest BCUT2D eigenvalue weighted by Gasteiger charge is -2.30. The normalized spacial score (nSPS) is 15.6. The first kappa shape index (κ1) is 24.4. The Balaban J connectivity index is 1.87. The third kappa shape index (κ3) is 6.31. The molecule has 1 fully saturated rings. The van der Waals surface area contributed by atoms with E-state index in [1.54, 1.807) is 19.9 Å². The molecule has 1 aliphatic rings. The Labute approximate surface area is 185 Å². The first-order chi connectivity index (χ1) is 14.0. The van der Waals surface area contributed by atoms with Crippen molar-refractivity contribution in [3.05, 3.63) is 28.2 Å². The fourth-order valence-corrected chi connectivity index (χ4v) is 5.47. The van der Waals surface area contributed by atoms with Gasteiger partial charge in [-0.3, -0.25) is 14.9 Å². The first-order valence-corrected chi connectivity index (χ1v) is 11.4. The number of halogens is 2. The number of rotatable bonds is 6. The Hall–Kier alpha value is -1.88. The molecule has 1 saturated heterocycles. The predicted octanol–water partition coefficient (Wildman–Crippen LogP) is 2.17. The van der Waals surface area contributed by atoms with Crippen LogP contribution in [-0.2, 0) is 24.3 Å². The topological polar surface area (TPSA) is 122 Å². The smallest absolute Gasteiger partial charge is 0.321 e. The molecule has 0 spiro atoms. The average molecular weight is 480 g/mol. The second-order valence-corrected chi connectivity index (χ2v) is 9.70. The van der Waals surface area contributed by atoms with Crippen molar-refractivity contribution in [3.8, 4) is 0 Å². The molecule has 30 heavy (non-hydrogen) atoms. The minimum atomic E-state index is -3.91. The largest absolute Gasteiger partial charge is 0.455 e. The summed E-state index contributed by atoms with van der Waals surface area (Å²) in [6.45, 7) is 3.02. The summed E-state index contributed by atoms with van der Waals surface area (Å²) in [5.74, 6) is -1.94. The zero-order valence-corrected chi connectivity index (χ0v) is 18.8. The number of benzene rings is 1. The number of carbonyl (C=O) groups excluding carboxylic acids is 3. The van der Waals surface area contributed by atoms with Crippen molar-refractivity contribution in [3.63, 3.8) is 0 Å². The van der Waals surface area contributed by atoms with Gasteiger partial charge >= 0.3 is 12.0 Å². The molecule has 166 valence electrons. The third-order valence-corrected chi connectivity index (χ3v) is 7.18. The Morgan fingerprint density at radius 2 is 1.73 bits per heavy atom. The van der Waals surface area contributed by atoms with Crippen LogP contribution in [0.15, 0.2) is 23.1 Å². The van der Waals surface area contributed by atoms with Crippen molar-refractivity contribution in [2.24, 2.45) is 5.92 Å². The number of nitrogens with zero attached hydrogens (tertiary/aromatic N) is 1. The molecule has 0 bridgehead atoms. The van der Waals surface area contributed by atoms with Gasteiger partial charge in [0.05, 0.1) is 16.0 Å². The van der Waals surface area contributed by atoms with Gasteiger partial charge in [-0.1, -0.05) is 29.3 Å². The summed E-state index contributed by atoms with van der Waals surface area (Å²) in [7, 11) is -3.91. The van der Waals surface area contributed by atoms with Crippen LogP contribution in [0.25, 0.3) is 0 Å². The van der Waals surface area contributed by atoms with Crippen LogP contribution in [0.1, 0.15) is 26.7 Å². The van der Waals surface area contributed by atoms with Crippen LogP contribution in [0.4, 0.5) is 4.79 Å². The lowest BCUT2D eigenvalue weighted by Crippen LogP contribution is -2.44. The summed E-state index contributed by atoms with van der Waals surface area (Å²) in [5.41, 5.74) is 0. The predicted molar refractivity (Wildman–Crippen MR) is 111 cm³/mol. The molecule has 2 rings (SSSR count). The van der Waals surface area contributed by atoms with Crippen molar-refractivity contribution < 1.29 is 27.5 Å². The summed E-state index contributed by atoms with van der Waals surface area (Å²) < 4.78 is 31.9. The fraction of sp³-hybridized carbons (Fsp3) is 0.500. The van der Waals surface area contributed by atoms with Crippen molar-refractivity contribution in [2.45, 2.75) is 37.6 Å². The molecule has 2 N–H and O–H groups in total. The van der Waals surface area contributed by atoms with Gasteiger partial charge in [0, 0.05) is 19.1 Å². The van der Waals surface area contributed by atoms with Crippen molar-refractivity contribution >= 4 is 51.1 Å². The maximum absolute atomic E-state index is 12.8. The number of hydrogen-bond donors (Lipinski definition) is 2. The molecule has 1 aromatic rings. The summed E-state index contributed by atoms with van der Waals surface area (Å²) in [6.07, 6.45) is 0.436. The molecule has 3 amide bonds. The zero-order chi connectivity index (χ0) is 22.5. The number of amides is 3. The van der Waals surface area contributed by atoms with E-state index in [-0.39, 0.29) is 46.9 Å². The quantitative estimate of drug-likeness (QED) is 0.602. The molecule has 1 aliphatic heterocycles. The van der Waals surface area contributed by atoms with Crippen LogP contribution in [0.3, 0.4) is 0 Å². The maximum atomic E-state index is 12.8. The van der Waals surface area contributed by atoms with E-state index >= 15 is 0 Å². The van der Waals surface area contributed by atoms with E-state index in [0.29, 0.717) is 0 Å². The highest BCUT2D eigenvalue weighted by Gasteiger charge is 2.35. The minimum absolute atomic E-state index is 0.0246. The lowest BCUT2D eigenvalue weighted by atomic mass is 9.98. The first-order valence-electron chi connectivity index (χ1n) is 9.23. The SMILES string of the molecule is CC(C)NC(=O)NC(=O)COC(=O)C1CCN(S(=O)(=O)c2c(Cl)cccc2Cl)CC1. The van der Waals surface area contributed by atoms with Crippen LogP contribution >= 0.6 is 23.2 Å². The van der Waals surface area contributed by atoms with Gasteiger partial charge in [0.25, 0.3) is 5.91 Å². The summed E-state index contributed by atoms with van der Waals surface area (Å²) in [6, 6.07) is 3.60. The van der Waals surface area contributed by atoms with Crippen LogP contribution in [-0.4, -0.2) is 56.4 Å². The molecule has 0 unspecified atom stereocenters. The molecule has 0 saturated carbocycles. The van der Waals surface area contributed by atoms with Crippen LogP contribution < -0.4 is 10.6 Å². The molecule has 1 heterocycles. The Bertz CT molecular complexity index is 894. The Kier molecular flexibility index (Phi) is 8.48. The number of nitrogens with one attached hydrogen (secondary N) is 2. The van der Waals surface area contributed by atoms with Gasteiger partial charge in [-0.25, -0.2) is 13.2 Å². The van der Waals surface area contributed by atoms with Crippen molar-refractivity contribution in [1.82, 2.24) is 14.9 Å². The summed E-state index contributed by atoms with van der Waals surface area (Å²) in [4.78, 5) is 35.1. The highest BCUT2D eigenvalue weighted by molar-refractivity contribution is 7.89. The second-order valence-electron chi connectivity index (χ2n) is 7.01. The van der Waals surface area contributed by atoms with Gasteiger partial charge in [0.1, 0.15) is 4.90 Å². The van der Waals surface area contributed by atoms with Crippen LogP contribution in [0.5, 0.6) is 0 Å². The van der Waals surface area contributed by atoms with E-state index < -0.39 is 40.5 Å². The number of esters is 1. The molecule has 0 aromatic heterocycles. The molecule has 1 aromatic carbocycles. The summed E-state index contributed by atoms with van der Waals surface area (Å²) >= 11 is 12.0. The van der Waals surface area contributed by atoms with Gasteiger partial charge < -0.3 is 10.1 Å². The Morgan fingerprint density at radius 3 is 2.27 bits per heavy atom. The van der Waals surface area contributed by atoms with Gasteiger partial charge in [0.15, 0.2) is 6.61 Å². The number of ether oxygens (including phenoxy) is 1. The third-order valence-electron chi connectivity index (χ3n) is 4.32. The maximum Gasteiger partial charge on any atom is 0.321 e. The average Bonchev–Trinajstić information content (AvgIpc) is 2.65. The summed E-state index contributed by atoms with van der Waals surface area (Å²) in [5, 5.41) is 4.57. The van der Waals surface area contributed by atoms with E-state index in [1.165, 1.54) is 16.4 Å². The second kappa shape index (κ2) is 10.4. The number of piperidine rings is 1. The molecule has 0 radical (unpaired) electrons. The number of sulfonamides is 1. The van der Waals surface area contributed by atoms with E-state index in [4.69, 9.17) is 27.9 Å². The number of carbonyl (C=O) groups is 3. The van der Waals surface area contributed by atoms with E-state index in [1.807, 2.05) is 5.32 Å². The number of urea groups is 1.